The maximum atomic E-state index is 15.4. The fourth-order valence-electron chi connectivity index (χ4n) is 9.02. The number of benzene rings is 4. The van der Waals surface area contributed by atoms with Gasteiger partial charge in [0.05, 0.1) is 31.7 Å². The Morgan fingerprint density at radius 1 is 0.746 bits per heavy atom. The van der Waals surface area contributed by atoms with Crippen LogP contribution in [-0.2, 0) is 19.2 Å². The van der Waals surface area contributed by atoms with Crippen molar-refractivity contribution in [3.63, 3.8) is 0 Å². The van der Waals surface area contributed by atoms with Crippen molar-refractivity contribution < 1.29 is 73.6 Å². The molecule has 8 rings (SSSR count). The largest absolute Gasteiger partial charge is 0.573 e. The van der Waals surface area contributed by atoms with E-state index in [9.17, 15) is 50.6 Å². The zero-order valence-electron chi connectivity index (χ0n) is 32.2. The molecule has 63 heavy (non-hydrogen) atoms. The van der Waals surface area contributed by atoms with Crippen LogP contribution in [0.4, 0.5) is 46.5 Å². The van der Waals surface area contributed by atoms with Gasteiger partial charge in [-0.25, -0.2) is 26.9 Å². The first-order valence-corrected chi connectivity index (χ1v) is 19.4. The third kappa shape index (κ3) is 6.59. The Morgan fingerprint density at radius 2 is 1.38 bits per heavy atom. The predicted molar refractivity (Wildman–Crippen MR) is 209 cm³/mol. The van der Waals surface area contributed by atoms with E-state index in [1.165, 1.54) is 32.4 Å². The summed E-state index contributed by atoms with van der Waals surface area (Å²) < 4.78 is 129. The molecule has 0 bridgehead atoms. The Balaban J connectivity index is 1.22. The summed E-state index contributed by atoms with van der Waals surface area (Å²) in [6, 6.07) is 13.3. The topological polar surface area (TPSA) is 123 Å². The maximum absolute atomic E-state index is 15.4. The number of aromatic hydroxyl groups is 1. The summed E-state index contributed by atoms with van der Waals surface area (Å²) in [6.07, 6.45) is -1.68. The number of halogens is 10. The van der Waals surface area contributed by atoms with Gasteiger partial charge in [0.2, 0.25) is 17.6 Å². The van der Waals surface area contributed by atoms with Crippen LogP contribution >= 0.6 is 23.2 Å². The number of ether oxygens (including phenoxy) is 3. The number of amides is 4. The zero-order chi connectivity index (χ0) is 45.7. The minimum atomic E-state index is -5.31. The monoisotopic (exact) mass is 922 g/mol. The van der Waals surface area contributed by atoms with Crippen LogP contribution in [0.3, 0.4) is 0 Å². The quantitative estimate of drug-likeness (QED) is 0.0354. The van der Waals surface area contributed by atoms with Crippen LogP contribution in [0.25, 0.3) is 12.2 Å². The molecule has 2 saturated heterocycles. The molecule has 3 fully saturated rings. The van der Waals surface area contributed by atoms with E-state index in [0.717, 1.165) is 4.90 Å². The number of imide groups is 2. The van der Waals surface area contributed by atoms with E-state index in [2.05, 4.69) is 4.74 Å². The molecule has 2 heterocycles. The zero-order valence-corrected chi connectivity index (χ0v) is 33.7. The first-order valence-electron chi connectivity index (χ1n) is 18.6. The lowest BCUT2D eigenvalue weighted by molar-refractivity contribution is -0.274. The number of fused-ring (bicyclic) bond motifs is 4. The molecular weight excluding hydrogens is 895 g/mol. The summed E-state index contributed by atoms with van der Waals surface area (Å²) >= 11 is 14.1. The number of carbonyl (C=O) groups is 4. The van der Waals surface area contributed by atoms with Crippen molar-refractivity contribution in [2.45, 2.75) is 34.9 Å². The molecule has 328 valence electrons. The molecule has 4 aromatic rings. The Morgan fingerprint density at radius 3 is 2.00 bits per heavy atom. The lowest BCUT2D eigenvalue weighted by atomic mass is 9.56. The molecule has 4 aromatic carbocycles. The third-order valence-electron chi connectivity index (χ3n) is 11.8. The smallest absolute Gasteiger partial charge is 0.508 e. The van der Waals surface area contributed by atoms with Crippen LogP contribution in [0, 0.1) is 46.8 Å². The molecule has 0 radical (unpaired) electrons. The number of methoxy groups -OCH3 is 2. The van der Waals surface area contributed by atoms with Gasteiger partial charge < -0.3 is 19.3 Å². The van der Waals surface area contributed by atoms with Crippen molar-refractivity contribution in [3.05, 3.63) is 118 Å². The summed E-state index contributed by atoms with van der Waals surface area (Å²) in [5, 5.41) is 11.2. The summed E-state index contributed by atoms with van der Waals surface area (Å²) in [7, 11) is 3.00. The Hall–Kier alpha value is -6.14. The number of carbonyl (C=O) groups excluding carboxylic acids is 4. The molecule has 4 amide bonds. The van der Waals surface area contributed by atoms with Crippen molar-refractivity contribution in [2.24, 2.45) is 17.8 Å². The van der Waals surface area contributed by atoms with Crippen molar-refractivity contribution >= 4 is 70.4 Å². The Kier molecular flexibility index (Phi) is 10.6. The van der Waals surface area contributed by atoms with Crippen LogP contribution in [-0.4, -0.2) is 59.1 Å². The summed E-state index contributed by atoms with van der Waals surface area (Å²) in [4.78, 5) is 51.9. The lowest BCUT2D eigenvalue weighted by Crippen LogP contribution is -2.60. The lowest BCUT2D eigenvalue weighted by Gasteiger charge is -2.50. The van der Waals surface area contributed by atoms with Gasteiger partial charge in [0.1, 0.15) is 28.7 Å². The van der Waals surface area contributed by atoms with Crippen LogP contribution < -0.4 is 24.0 Å². The molecule has 6 unspecified atom stereocenters. The number of anilines is 2. The van der Waals surface area contributed by atoms with Gasteiger partial charge in [0.15, 0.2) is 33.0 Å². The van der Waals surface area contributed by atoms with Crippen LogP contribution in [0.1, 0.15) is 35.4 Å². The van der Waals surface area contributed by atoms with E-state index in [0.29, 0.717) is 40.8 Å². The number of rotatable bonds is 8. The molecule has 1 saturated carbocycles. The van der Waals surface area contributed by atoms with Gasteiger partial charge in [0, 0.05) is 17.0 Å². The highest BCUT2D eigenvalue weighted by Gasteiger charge is 2.77. The van der Waals surface area contributed by atoms with Gasteiger partial charge in [-0.05, 0) is 72.9 Å². The normalized spacial score (nSPS) is 25.6. The minimum Gasteiger partial charge on any atom is -0.508 e. The van der Waals surface area contributed by atoms with E-state index < -0.39 is 127 Å². The van der Waals surface area contributed by atoms with Crippen molar-refractivity contribution in [1.29, 1.82) is 0 Å². The first-order chi connectivity index (χ1) is 29.7. The van der Waals surface area contributed by atoms with Crippen molar-refractivity contribution in [3.8, 4) is 23.0 Å². The van der Waals surface area contributed by atoms with Crippen LogP contribution in [0.15, 0.2) is 72.3 Å². The standard InChI is InChI=1S/C43H28Cl2F8N2O8/c1-61-21-10-14-28(62-2)19(15-21)6-3-18-4-7-20(8-5-18)54-37(57)24-12-11-23-26(29(24)38(54)58)17-41(44)39(59)55(36-34(49)32(47)31(46)33(48)35(36)50)40(60)42(41,45)30(23)25-16-22(9-13-27(25)56)63-43(51,52)53/h3-11,13-16,24,26,29-30,56H,12,17H2,1-2H3. The van der Waals surface area contributed by atoms with E-state index in [1.807, 2.05) is 0 Å². The molecule has 2 aliphatic heterocycles. The number of hydrogen-bond donors (Lipinski definition) is 1. The fourth-order valence-corrected chi connectivity index (χ4v) is 9.94. The second kappa shape index (κ2) is 15.3. The average Bonchev–Trinajstić information content (AvgIpc) is 3.59. The van der Waals surface area contributed by atoms with Gasteiger partial charge in [-0.3, -0.25) is 24.1 Å². The van der Waals surface area contributed by atoms with Gasteiger partial charge in [0.25, 0.3) is 11.8 Å². The molecule has 20 heteroatoms. The molecule has 4 aliphatic rings. The van der Waals surface area contributed by atoms with Gasteiger partial charge in [-0.1, -0.05) is 35.9 Å². The van der Waals surface area contributed by atoms with Gasteiger partial charge in [-0.2, -0.15) is 0 Å². The molecule has 0 spiro atoms. The molecule has 1 N–H and O–H groups in total. The number of phenols is 1. The highest BCUT2D eigenvalue weighted by molar-refractivity contribution is 6.58. The van der Waals surface area contributed by atoms with Gasteiger partial charge >= 0.3 is 6.36 Å². The molecule has 6 atom stereocenters. The second-order valence-electron chi connectivity index (χ2n) is 15.0. The molecule has 2 aliphatic carbocycles. The number of nitrogens with zero attached hydrogens (tertiary/aromatic N) is 2. The highest BCUT2D eigenvalue weighted by Crippen LogP contribution is 2.67. The molecule has 10 nitrogen and oxygen atoms in total. The predicted octanol–water partition coefficient (Wildman–Crippen LogP) is 8.94. The SMILES string of the molecule is COc1ccc(OC)c(C=Cc2ccc(N3C(=O)C4CC=C5C(CC6(Cl)C(=O)N(c7c(F)c(F)c(F)c(F)c7F)C(=O)C6(Cl)C5c5cc(OC(F)(F)F)ccc5O)C4C3=O)cc2)c1. The summed E-state index contributed by atoms with van der Waals surface area (Å²) in [6.45, 7) is 0. The van der Waals surface area contributed by atoms with E-state index in [4.69, 9.17) is 32.7 Å². The van der Waals surface area contributed by atoms with E-state index in [1.54, 1.807) is 42.5 Å². The Bertz CT molecular complexity index is 2680. The van der Waals surface area contributed by atoms with Crippen LogP contribution in [0.5, 0.6) is 23.0 Å². The van der Waals surface area contributed by atoms with E-state index >= 15 is 8.78 Å². The highest BCUT2D eigenvalue weighted by atomic mass is 35.5. The molecular formula is C43H28Cl2F8N2O8. The summed E-state index contributed by atoms with van der Waals surface area (Å²) in [5.41, 5.74) is -1.43. The first kappa shape index (κ1) is 43.5. The number of allylic oxidation sites excluding steroid dienone is 2. The number of hydrogen-bond acceptors (Lipinski definition) is 8. The fraction of sp³-hybridized carbons (Fsp3) is 0.256. The van der Waals surface area contributed by atoms with Crippen molar-refractivity contribution in [1.82, 2.24) is 0 Å². The average molecular weight is 924 g/mol. The second-order valence-corrected chi connectivity index (χ2v) is 16.2. The third-order valence-corrected chi connectivity index (χ3v) is 13.2. The van der Waals surface area contributed by atoms with Crippen molar-refractivity contribution in [2.75, 3.05) is 24.0 Å². The maximum Gasteiger partial charge on any atom is 0.573 e. The number of alkyl halides is 5. The summed E-state index contributed by atoms with van der Waals surface area (Å²) in [5.74, 6) is -25.1. The molecule has 0 aromatic heterocycles. The Labute approximate surface area is 360 Å². The number of phenolic OH excluding ortho intramolecular Hbond substituents is 1. The van der Waals surface area contributed by atoms with Gasteiger partial charge in [-0.15, -0.1) is 36.4 Å². The minimum absolute atomic E-state index is 0.107. The van der Waals surface area contributed by atoms with Crippen LogP contribution in [0.2, 0.25) is 0 Å². The van der Waals surface area contributed by atoms with E-state index in [-0.39, 0.29) is 17.7 Å².